The molecule has 0 saturated carbocycles. The van der Waals surface area contributed by atoms with Crippen molar-refractivity contribution in [3.05, 3.63) is 93.5 Å². The molecule has 0 aliphatic rings. The minimum absolute atomic E-state index is 0.100. The normalized spacial score (nSPS) is 10.9. The first-order chi connectivity index (χ1) is 15.5. The fraction of sp³-hybridized carbons (Fsp3) is 0.120. The zero-order chi connectivity index (χ0) is 22.9. The van der Waals surface area contributed by atoms with Crippen molar-refractivity contribution in [2.75, 3.05) is 11.9 Å². The molecule has 3 aromatic carbocycles. The molecule has 0 unspecified atom stereocenters. The van der Waals surface area contributed by atoms with E-state index >= 15 is 0 Å². The second kappa shape index (κ2) is 11.2. The second-order valence-electron chi connectivity index (χ2n) is 6.67. The number of amides is 1. The lowest BCUT2D eigenvalue weighted by atomic mass is 10.1. The smallest absolute Gasteiger partial charge is 0.266 e. The average Bonchev–Trinajstić information content (AvgIpc) is 2.78. The number of halogens is 2. The summed E-state index contributed by atoms with van der Waals surface area (Å²) in [7, 11) is 0. The summed E-state index contributed by atoms with van der Waals surface area (Å²) in [6, 6.07) is 21.6. The van der Waals surface area contributed by atoms with Gasteiger partial charge in [0.05, 0.1) is 16.7 Å². The van der Waals surface area contributed by atoms with E-state index in [4.69, 9.17) is 32.7 Å². The Morgan fingerprint density at radius 1 is 1.03 bits per heavy atom. The first-order valence-electron chi connectivity index (χ1n) is 9.82. The predicted octanol–water partition coefficient (Wildman–Crippen LogP) is 6.52. The SMILES string of the molecule is CCOc1cccc(NC(=O)/C(C#N)=C\c2cc(Cl)c(OCc3ccccc3)c(Cl)c2)c1. The van der Waals surface area contributed by atoms with Gasteiger partial charge in [-0.25, -0.2) is 0 Å². The monoisotopic (exact) mass is 466 g/mol. The molecule has 0 aliphatic carbocycles. The van der Waals surface area contributed by atoms with Gasteiger partial charge in [-0.1, -0.05) is 59.6 Å². The fourth-order valence-electron chi connectivity index (χ4n) is 2.87. The van der Waals surface area contributed by atoms with E-state index in [-0.39, 0.29) is 15.6 Å². The molecule has 0 spiro atoms. The van der Waals surface area contributed by atoms with Gasteiger partial charge in [-0.3, -0.25) is 4.79 Å². The van der Waals surface area contributed by atoms with Crippen molar-refractivity contribution in [3.8, 4) is 17.6 Å². The van der Waals surface area contributed by atoms with Crippen LogP contribution in [0.1, 0.15) is 18.1 Å². The van der Waals surface area contributed by atoms with E-state index in [1.807, 2.05) is 43.3 Å². The minimum Gasteiger partial charge on any atom is -0.494 e. The van der Waals surface area contributed by atoms with Gasteiger partial charge >= 0.3 is 0 Å². The van der Waals surface area contributed by atoms with E-state index in [2.05, 4.69) is 5.32 Å². The molecule has 0 fully saturated rings. The van der Waals surface area contributed by atoms with Crippen molar-refractivity contribution >= 4 is 40.9 Å². The number of nitriles is 1. The summed E-state index contributed by atoms with van der Waals surface area (Å²) in [4.78, 5) is 12.6. The predicted molar refractivity (Wildman–Crippen MR) is 127 cm³/mol. The van der Waals surface area contributed by atoms with Gasteiger partial charge in [-0.05, 0) is 48.4 Å². The van der Waals surface area contributed by atoms with Crippen molar-refractivity contribution in [2.45, 2.75) is 13.5 Å². The molecule has 5 nitrogen and oxygen atoms in total. The number of rotatable bonds is 8. The van der Waals surface area contributed by atoms with E-state index in [1.165, 1.54) is 6.08 Å². The molecular weight excluding hydrogens is 447 g/mol. The molecule has 7 heteroatoms. The summed E-state index contributed by atoms with van der Waals surface area (Å²) in [6.45, 7) is 2.69. The fourth-order valence-corrected chi connectivity index (χ4v) is 3.49. The molecule has 3 rings (SSSR count). The molecule has 0 radical (unpaired) electrons. The van der Waals surface area contributed by atoms with Crippen molar-refractivity contribution in [1.29, 1.82) is 5.26 Å². The molecule has 0 bridgehead atoms. The van der Waals surface area contributed by atoms with Crippen LogP contribution >= 0.6 is 23.2 Å². The summed E-state index contributed by atoms with van der Waals surface area (Å²) in [5, 5.41) is 12.7. The van der Waals surface area contributed by atoms with Gasteiger partial charge in [0, 0.05) is 11.8 Å². The van der Waals surface area contributed by atoms with Crippen LogP contribution in [0, 0.1) is 11.3 Å². The Hall–Kier alpha value is -3.46. The first kappa shape index (κ1) is 23.2. The van der Waals surface area contributed by atoms with Crippen LogP contribution < -0.4 is 14.8 Å². The molecule has 1 N–H and O–H groups in total. The number of nitrogens with zero attached hydrogens (tertiary/aromatic N) is 1. The molecule has 3 aromatic rings. The molecule has 0 atom stereocenters. The van der Waals surface area contributed by atoms with E-state index in [0.29, 0.717) is 36.0 Å². The van der Waals surface area contributed by atoms with Crippen molar-refractivity contribution in [3.63, 3.8) is 0 Å². The van der Waals surface area contributed by atoms with Crippen LogP contribution in [-0.4, -0.2) is 12.5 Å². The maximum absolute atomic E-state index is 12.6. The molecule has 0 aliphatic heterocycles. The highest BCUT2D eigenvalue weighted by Crippen LogP contribution is 2.35. The average molecular weight is 467 g/mol. The van der Waals surface area contributed by atoms with Crippen molar-refractivity contribution in [2.24, 2.45) is 0 Å². The summed E-state index contributed by atoms with van der Waals surface area (Å²) < 4.78 is 11.2. The summed E-state index contributed by atoms with van der Waals surface area (Å²) >= 11 is 12.7. The Balaban J connectivity index is 1.75. The second-order valence-corrected chi connectivity index (χ2v) is 7.49. The third-order valence-electron chi connectivity index (χ3n) is 4.33. The van der Waals surface area contributed by atoms with Gasteiger partial charge in [-0.2, -0.15) is 5.26 Å². The quantitative estimate of drug-likeness (QED) is 0.303. The molecule has 0 heterocycles. The Morgan fingerprint density at radius 2 is 1.75 bits per heavy atom. The van der Waals surface area contributed by atoms with Gasteiger partial charge in [-0.15, -0.1) is 0 Å². The number of benzene rings is 3. The largest absolute Gasteiger partial charge is 0.494 e. The molecule has 1 amide bonds. The minimum atomic E-state index is -0.558. The third-order valence-corrected chi connectivity index (χ3v) is 4.89. The van der Waals surface area contributed by atoms with Crippen LogP contribution in [0.5, 0.6) is 11.5 Å². The van der Waals surface area contributed by atoms with Crippen molar-refractivity contribution < 1.29 is 14.3 Å². The van der Waals surface area contributed by atoms with E-state index in [9.17, 15) is 10.1 Å². The van der Waals surface area contributed by atoms with Crippen LogP contribution in [0.25, 0.3) is 6.08 Å². The maximum atomic E-state index is 12.6. The Labute approximate surface area is 196 Å². The highest BCUT2D eigenvalue weighted by Gasteiger charge is 2.13. The third kappa shape index (κ3) is 6.27. The standard InChI is InChI=1S/C25H20Cl2N2O3/c1-2-31-21-10-6-9-20(14-21)29-25(30)19(15-28)11-18-12-22(26)24(23(27)13-18)32-16-17-7-4-3-5-8-17/h3-14H,2,16H2,1H3,(H,29,30)/b19-11-. The highest BCUT2D eigenvalue weighted by molar-refractivity contribution is 6.37. The van der Waals surface area contributed by atoms with Gasteiger partial charge in [0.15, 0.2) is 5.75 Å². The van der Waals surface area contributed by atoms with Gasteiger partial charge < -0.3 is 14.8 Å². The zero-order valence-corrected chi connectivity index (χ0v) is 18.8. The Bertz CT molecular complexity index is 1150. The number of hydrogen-bond donors (Lipinski definition) is 1. The summed E-state index contributed by atoms with van der Waals surface area (Å²) in [5.41, 5.74) is 1.89. The van der Waals surface area contributed by atoms with Crippen LogP contribution in [0.2, 0.25) is 10.0 Å². The van der Waals surface area contributed by atoms with E-state index in [0.717, 1.165) is 5.56 Å². The number of carbonyl (C=O) groups is 1. The first-order valence-corrected chi connectivity index (χ1v) is 10.6. The molecular formula is C25H20Cl2N2O3. The lowest BCUT2D eigenvalue weighted by Gasteiger charge is -2.11. The van der Waals surface area contributed by atoms with Crippen molar-refractivity contribution in [1.82, 2.24) is 0 Å². The zero-order valence-electron chi connectivity index (χ0n) is 17.3. The lowest BCUT2D eigenvalue weighted by Crippen LogP contribution is -2.13. The molecule has 162 valence electrons. The number of ether oxygens (including phenoxy) is 2. The van der Waals surface area contributed by atoms with E-state index in [1.54, 1.807) is 36.4 Å². The highest BCUT2D eigenvalue weighted by atomic mass is 35.5. The van der Waals surface area contributed by atoms with Crippen LogP contribution in [0.3, 0.4) is 0 Å². The van der Waals surface area contributed by atoms with Gasteiger partial charge in [0.2, 0.25) is 0 Å². The number of hydrogen-bond acceptors (Lipinski definition) is 4. The van der Waals surface area contributed by atoms with Crippen LogP contribution in [0.4, 0.5) is 5.69 Å². The summed E-state index contributed by atoms with van der Waals surface area (Å²) in [6.07, 6.45) is 1.42. The van der Waals surface area contributed by atoms with Crippen LogP contribution in [-0.2, 0) is 11.4 Å². The van der Waals surface area contributed by atoms with E-state index < -0.39 is 5.91 Å². The lowest BCUT2D eigenvalue weighted by molar-refractivity contribution is -0.112. The summed E-state index contributed by atoms with van der Waals surface area (Å²) in [5.74, 6) is 0.403. The Morgan fingerprint density at radius 3 is 2.41 bits per heavy atom. The van der Waals surface area contributed by atoms with Gasteiger partial charge in [0.25, 0.3) is 5.91 Å². The maximum Gasteiger partial charge on any atom is 0.266 e. The van der Waals surface area contributed by atoms with Crippen LogP contribution in [0.15, 0.2) is 72.3 Å². The molecule has 32 heavy (non-hydrogen) atoms. The van der Waals surface area contributed by atoms with Gasteiger partial charge in [0.1, 0.15) is 24.0 Å². The topological polar surface area (TPSA) is 71.3 Å². The number of anilines is 1. The number of nitrogens with one attached hydrogen (secondary N) is 1. The number of carbonyl (C=O) groups excluding carboxylic acids is 1. The molecule has 0 saturated heterocycles. The molecule has 0 aromatic heterocycles. The Kier molecular flexibility index (Phi) is 8.15.